The first-order chi connectivity index (χ1) is 9.83. The molecule has 2 rings (SSSR count). The van der Waals surface area contributed by atoms with E-state index in [1.807, 2.05) is 0 Å². The van der Waals surface area contributed by atoms with Crippen molar-refractivity contribution < 1.29 is 12.8 Å². The van der Waals surface area contributed by atoms with Gasteiger partial charge in [0.25, 0.3) is 0 Å². The summed E-state index contributed by atoms with van der Waals surface area (Å²) in [6.07, 6.45) is 4.18. The Kier molecular flexibility index (Phi) is 4.70. The van der Waals surface area contributed by atoms with Crippen LogP contribution >= 0.6 is 0 Å². The van der Waals surface area contributed by atoms with Gasteiger partial charge < -0.3 is 5.73 Å². The second-order valence-corrected chi connectivity index (χ2v) is 7.67. The molecule has 0 atom stereocenters. The molecule has 0 unspecified atom stereocenters. The van der Waals surface area contributed by atoms with Crippen molar-refractivity contribution in [2.24, 2.45) is 11.1 Å². The Morgan fingerprint density at radius 3 is 2.52 bits per heavy atom. The highest BCUT2D eigenvalue weighted by molar-refractivity contribution is 7.89. The van der Waals surface area contributed by atoms with Gasteiger partial charge in [0.05, 0.1) is 4.90 Å². The normalized spacial score (nSPS) is 17.5. The maximum atomic E-state index is 13.8. The molecule has 0 spiro atoms. The summed E-state index contributed by atoms with van der Waals surface area (Å²) in [5.41, 5.74) is 6.19. The largest absolute Gasteiger partial charge is 0.326 e. The molecule has 0 amide bonds. The molecule has 0 aliphatic heterocycles. The fourth-order valence-electron chi connectivity index (χ4n) is 2.76. The second kappa shape index (κ2) is 6.02. The predicted molar refractivity (Wildman–Crippen MR) is 80.8 cm³/mol. The zero-order chi connectivity index (χ0) is 15.7. The van der Waals surface area contributed by atoms with Gasteiger partial charge in [-0.1, -0.05) is 13.3 Å². The summed E-state index contributed by atoms with van der Waals surface area (Å²) in [5.74, 6) is -0.535. The lowest BCUT2D eigenvalue weighted by atomic mass is 9.67. The van der Waals surface area contributed by atoms with E-state index in [0.717, 1.165) is 25.7 Å². The molecule has 1 aromatic carbocycles. The summed E-state index contributed by atoms with van der Waals surface area (Å²) in [5, 5.41) is 0. The van der Waals surface area contributed by atoms with Crippen molar-refractivity contribution in [1.82, 2.24) is 4.72 Å². The number of benzene rings is 1. The van der Waals surface area contributed by atoms with Gasteiger partial charge >= 0.3 is 0 Å². The van der Waals surface area contributed by atoms with Crippen LogP contribution in [0.15, 0.2) is 17.0 Å². The molecule has 0 aromatic heterocycles. The van der Waals surface area contributed by atoms with Crippen LogP contribution in [0.3, 0.4) is 0 Å². The number of hydrogen-bond acceptors (Lipinski definition) is 3. The van der Waals surface area contributed by atoms with Crippen LogP contribution in [-0.2, 0) is 16.6 Å². The Morgan fingerprint density at radius 1 is 1.38 bits per heavy atom. The first-order valence-corrected chi connectivity index (χ1v) is 8.81. The number of rotatable bonds is 6. The first-order valence-electron chi connectivity index (χ1n) is 7.32. The maximum absolute atomic E-state index is 13.8. The fourth-order valence-corrected chi connectivity index (χ4v) is 4.22. The minimum absolute atomic E-state index is 0.00599. The van der Waals surface area contributed by atoms with Crippen molar-refractivity contribution in [2.75, 3.05) is 6.54 Å². The minimum Gasteiger partial charge on any atom is -0.326 e. The first kappa shape index (κ1) is 16.4. The topological polar surface area (TPSA) is 72.2 Å². The standard InChI is InChI=1S/C15H23FN2O2S/c1-3-15(5-4-6-15)10-18-21(19,20)14-8-12(9-17)7-13(16)11(14)2/h7-8,18H,3-6,9-10,17H2,1-2H3. The van der Waals surface area contributed by atoms with Crippen LogP contribution in [-0.4, -0.2) is 15.0 Å². The average Bonchev–Trinajstić information content (AvgIpc) is 2.40. The number of sulfonamides is 1. The van der Waals surface area contributed by atoms with E-state index >= 15 is 0 Å². The third kappa shape index (κ3) is 3.27. The zero-order valence-corrected chi connectivity index (χ0v) is 13.4. The highest BCUT2D eigenvalue weighted by Gasteiger charge is 2.36. The van der Waals surface area contributed by atoms with Crippen molar-refractivity contribution >= 4 is 10.0 Å². The van der Waals surface area contributed by atoms with Gasteiger partial charge in [0.2, 0.25) is 10.0 Å². The van der Waals surface area contributed by atoms with Crippen molar-refractivity contribution in [3.63, 3.8) is 0 Å². The van der Waals surface area contributed by atoms with E-state index in [-0.39, 0.29) is 22.4 Å². The predicted octanol–water partition coefficient (Wildman–Crippen LogP) is 2.45. The molecular weight excluding hydrogens is 291 g/mol. The molecule has 1 aromatic rings. The summed E-state index contributed by atoms with van der Waals surface area (Å²) in [6, 6.07) is 2.74. The molecule has 1 aliphatic carbocycles. The fraction of sp³-hybridized carbons (Fsp3) is 0.600. The van der Waals surface area contributed by atoms with Crippen molar-refractivity contribution in [1.29, 1.82) is 0 Å². The number of nitrogens with two attached hydrogens (primary N) is 1. The second-order valence-electron chi connectivity index (χ2n) is 5.94. The highest BCUT2D eigenvalue weighted by atomic mass is 32.2. The van der Waals surface area contributed by atoms with E-state index in [1.165, 1.54) is 19.1 Å². The molecule has 4 nitrogen and oxygen atoms in total. The molecule has 21 heavy (non-hydrogen) atoms. The van der Waals surface area contributed by atoms with Gasteiger partial charge in [-0.05, 0) is 49.3 Å². The molecule has 1 saturated carbocycles. The van der Waals surface area contributed by atoms with Crippen LogP contribution in [0.4, 0.5) is 4.39 Å². The molecule has 0 heterocycles. The number of hydrogen-bond donors (Lipinski definition) is 2. The smallest absolute Gasteiger partial charge is 0.240 e. The molecule has 118 valence electrons. The zero-order valence-electron chi connectivity index (χ0n) is 12.6. The van der Waals surface area contributed by atoms with Gasteiger partial charge in [0, 0.05) is 18.7 Å². The lowest BCUT2D eigenvalue weighted by Crippen LogP contribution is -2.41. The summed E-state index contributed by atoms with van der Waals surface area (Å²) < 4.78 is 41.4. The van der Waals surface area contributed by atoms with Crippen LogP contribution in [0, 0.1) is 18.2 Å². The molecule has 6 heteroatoms. The van der Waals surface area contributed by atoms with Crippen molar-refractivity contribution in [3.05, 3.63) is 29.1 Å². The summed E-state index contributed by atoms with van der Waals surface area (Å²) in [7, 11) is -3.71. The third-order valence-electron chi connectivity index (χ3n) is 4.68. The molecule has 1 fully saturated rings. The van der Waals surface area contributed by atoms with Crippen LogP contribution < -0.4 is 10.5 Å². The number of nitrogens with one attached hydrogen (secondary N) is 1. The van der Waals surface area contributed by atoms with E-state index in [9.17, 15) is 12.8 Å². The van der Waals surface area contributed by atoms with Crippen LogP contribution in [0.5, 0.6) is 0 Å². The van der Waals surface area contributed by atoms with Gasteiger partial charge in [-0.25, -0.2) is 17.5 Å². The molecule has 1 aliphatic rings. The summed E-state index contributed by atoms with van der Waals surface area (Å²) in [4.78, 5) is -0.00599. The quantitative estimate of drug-likeness (QED) is 0.847. The maximum Gasteiger partial charge on any atom is 0.240 e. The SMILES string of the molecule is CCC1(CNS(=O)(=O)c2cc(CN)cc(F)c2C)CCC1. The number of halogens is 1. The Bertz CT molecular complexity index is 619. The van der Waals surface area contributed by atoms with Crippen molar-refractivity contribution in [3.8, 4) is 0 Å². The molecular formula is C15H23FN2O2S. The van der Waals surface area contributed by atoms with Crippen LogP contribution in [0.25, 0.3) is 0 Å². The average molecular weight is 314 g/mol. The summed E-state index contributed by atoms with van der Waals surface area (Å²) in [6.45, 7) is 4.08. The van der Waals surface area contributed by atoms with Crippen LogP contribution in [0.1, 0.15) is 43.7 Å². The van der Waals surface area contributed by atoms with E-state index in [1.54, 1.807) is 0 Å². The Labute approximate surface area is 126 Å². The van der Waals surface area contributed by atoms with E-state index < -0.39 is 15.8 Å². The van der Waals surface area contributed by atoms with Gasteiger partial charge in [-0.2, -0.15) is 0 Å². The van der Waals surface area contributed by atoms with E-state index in [4.69, 9.17) is 5.73 Å². The van der Waals surface area contributed by atoms with Gasteiger partial charge in [-0.3, -0.25) is 0 Å². The van der Waals surface area contributed by atoms with Gasteiger partial charge in [-0.15, -0.1) is 0 Å². The van der Waals surface area contributed by atoms with Crippen molar-refractivity contribution in [2.45, 2.75) is 51.0 Å². The lowest BCUT2D eigenvalue weighted by molar-refractivity contribution is 0.133. The summed E-state index contributed by atoms with van der Waals surface area (Å²) >= 11 is 0. The lowest BCUT2D eigenvalue weighted by Gasteiger charge is -2.41. The minimum atomic E-state index is -3.71. The Hall–Kier alpha value is -0.980. The van der Waals surface area contributed by atoms with E-state index in [0.29, 0.717) is 12.1 Å². The van der Waals surface area contributed by atoms with Gasteiger partial charge in [0.1, 0.15) is 5.82 Å². The third-order valence-corrected chi connectivity index (χ3v) is 6.21. The van der Waals surface area contributed by atoms with E-state index in [2.05, 4.69) is 11.6 Å². The molecule has 0 saturated heterocycles. The molecule has 3 N–H and O–H groups in total. The highest BCUT2D eigenvalue weighted by Crippen LogP contribution is 2.43. The molecule has 0 radical (unpaired) electrons. The monoisotopic (exact) mass is 314 g/mol. The Morgan fingerprint density at radius 2 is 2.05 bits per heavy atom. The molecule has 0 bridgehead atoms. The van der Waals surface area contributed by atoms with Gasteiger partial charge in [0.15, 0.2) is 0 Å². The Balaban J connectivity index is 2.25. The van der Waals surface area contributed by atoms with Crippen LogP contribution in [0.2, 0.25) is 0 Å².